The van der Waals surface area contributed by atoms with Gasteiger partial charge in [0.05, 0.1) is 0 Å². The van der Waals surface area contributed by atoms with E-state index in [1.165, 1.54) is 12.1 Å². The minimum Gasteiger partial charge on any atom is -0.307 e. The molecule has 0 amide bonds. The summed E-state index contributed by atoms with van der Waals surface area (Å²) in [6, 6.07) is 14.8. The second-order valence-electron chi connectivity index (χ2n) is 4.83. The van der Waals surface area contributed by atoms with Gasteiger partial charge in [-0.05, 0) is 40.4 Å². The highest BCUT2D eigenvalue weighted by atomic mass is 19.1. The smallest absolute Gasteiger partial charge is 0.137 e. The average molecular weight is 262 g/mol. The summed E-state index contributed by atoms with van der Waals surface area (Å²) >= 11 is 0. The molecular formula is C17H11FN2. The molecule has 20 heavy (non-hydrogen) atoms. The Morgan fingerprint density at radius 3 is 2.30 bits per heavy atom. The van der Waals surface area contributed by atoms with E-state index in [1.807, 2.05) is 35.2 Å². The fraction of sp³-hybridized carbons (Fsp3) is 0. The summed E-state index contributed by atoms with van der Waals surface area (Å²) in [5.74, 6) is 0.562. The van der Waals surface area contributed by atoms with Gasteiger partial charge in [-0.2, -0.15) is 0 Å². The number of nitrogens with zero attached hydrogens (tertiary/aromatic N) is 2. The van der Waals surface area contributed by atoms with Crippen LogP contribution in [0.3, 0.4) is 0 Å². The Hall–Kier alpha value is -2.68. The number of aromatic nitrogens is 2. The van der Waals surface area contributed by atoms with E-state index < -0.39 is 0 Å². The van der Waals surface area contributed by atoms with E-state index in [1.54, 1.807) is 12.3 Å². The van der Waals surface area contributed by atoms with Crippen LogP contribution < -0.4 is 0 Å². The van der Waals surface area contributed by atoms with Crippen LogP contribution in [0.5, 0.6) is 0 Å². The fourth-order valence-electron chi connectivity index (χ4n) is 2.46. The Morgan fingerprint density at radius 1 is 0.800 bits per heavy atom. The van der Waals surface area contributed by atoms with Crippen LogP contribution in [0.4, 0.5) is 4.39 Å². The highest BCUT2D eigenvalue weighted by Gasteiger charge is 2.03. The second-order valence-corrected chi connectivity index (χ2v) is 4.83. The number of fused-ring (bicyclic) bond motifs is 2. The molecule has 0 saturated heterocycles. The lowest BCUT2D eigenvalue weighted by Gasteiger charge is -2.03. The fourth-order valence-corrected chi connectivity index (χ4v) is 2.46. The minimum absolute atomic E-state index is 0.229. The van der Waals surface area contributed by atoms with Crippen LogP contribution in [0.15, 0.2) is 67.1 Å². The van der Waals surface area contributed by atoms with Crippen molar-refractivity contribution < 1.29 is 4.39 Å². The summed E-state index contributed by atoms with van der Waals surface area (Å²) in [5.41, 5.74) is 0. The molecule has 0 aliphatic carbocycles. The Morgan fingerprint density at radius 2 is 1.55 bits per heavy atom. The molecule has 0 unspecified atom stereocenters. The predicted octanol–water partition coefficient (Wildman–Crippen LogP) is 4.32. The third-order valence-electron chi connectivity index (χ3n) is 3.49. The van der Waals surface area contributed by atoms with Crippen LogP contribution in [0.2, 0.25) is 0 Å². The number of benzene rings is 2. The summed E-state index contributed by atoms with van der Waals surface area (Å²) in [4.78, 5) is 4.44. The maximum Gasteiger partial charge on any atom is 0.137 e. The Kier molecular flexibility index (Phi) is 2.33. The molecule has 0 atom stereocenters. The maximum absolute atomic E-state index is 13.3. The first-order valence-electron chi connectivity index (χ1n) is 6.42. The SMILES string of the molecule is Fc1ccc2cnc(-n3cc4ccccc4c3)cc2c1. The number of rotatable bonds is 1. The van der Waals surface area contributed by atoms with Crippen molar-refractivity contribution in [2.75, 3.05) is 0 Å². The monoisotopic (exact) mass is 262 g/mol. The van der Waals surface area contributed by atoms with E-state index >= 15 is 0 Å². The molecular weight excluding hydrogens is 251 g/mol. The quantitative estimate of drug-likeness (QED) is 0.499. The lowest BCUT2D eigenvalue weighted by Crippen LogP contribution is -1.93. The van der Waals surface area contributed by atoms with Crippen molar-refractivity contribution >= 4 is 21.5 Å². The number of halogens is 1. The largest absolute Gasteiger partial charge is 0.307 e. The van der Waals surface area contributed by atoms with Gasteiger partial charge in [0.2, 0.25) is 0 Å². The number of pyridine rings is 1. The van der Waals surface area contributed by atoms with Crippen LogP contribution in [-0.2, 0) is 0 Å². The highest BCUT2D eigenvalue weighted by molar-refractivity contribution is 5.85. The predicted molar refractivity (Wildman–Crippen MR) is 78.5 cm³/mol. The number of hydrogen-bond acceptors (Lipinski definition) is 1. The maximum atomic E-state index is 13.3. The molecule has 2 nitrogen and oxygen atoms in total. The lowest BCUT2D eigenvalue weighted by atomic mass is 10.2. The van der Waals surface area contributed by atoms with Gasteiger partial charge < -0.3 is 4.57 Å². The first kappa shape index (κ1) is 11.2. The van der Waals surface area contributed by atoms with Crippen LogP contribution in [0.25, 0.3) is 27.4 Å². The standard InChI is InChI=1S/C17H11FN2/c18-16-6-5-12-9-19-17(8-15(12)7-16)20-10-13-3-1-2-4-14(13)11-20/h1-11H. The third-order valence-corrected chi connectivity index (χ3v) is 3.49. The Balaban J connectivity index is 1.92. The van der Waals surface area contributed by atoms with Crippen molar-refractivity contribution in [3.8, 4) is 5.82 Å². The zero-order valence-electron chi connectivity index (χ0n) is 10.6. The summed E-state index contributed by atoms with van der Waals surface area (Å²) in [6.45, 7) is 0. The summed E-state index contributed by atoms with van der Waals surface area (Å²) in [6.07, 6.45) is 5.83. The zero-order chi connectivity index (χ0) is 13.5. The molecule has 3 heteroatoms. The first-order valence-corrected chi connectivity index (χ1v) is 6.42. The molecule has 2 aromatic carbocycles. The molecule has 4 aromatic rings. The minimum atomic E-state index is -0.229. The third kappa shape index (κ3) is 1.75. The zero-order valence-corrected chi connectivity index (χ0v) is 10.6. The Labute approximate surface area is 115 Å². The van der Waals surface area contributed by atoms with Crippen LogP contribution in [0, 0.1) is 5.82 Å². The van der Waals surface area contributed by atoms with Gasteiger partial charge in [0.1, 0.15) is 11.6 Å². The second kappa shape index (κ2) is 4.17. The molecule has 0 bridgehead atoms. The molecule has 2 aromatic heterocycles. The van der Waals surface area contributed by atoms with Crippen molar-refractivity contribution in [3.63, 3.8) is 0 Å². The first-order chi connectivity index (χ1) is 9.79. The van der Waals surface area contributed by atoms with Crippen LogP contribution in [0.1, 0.15) is 0 Å². The van der Waals surface area contributed by atoms with Crippen molar-refractivity contribution in [2.45, 2.75) is 0 Å². The van der Waals surface area contributed by atoms with E-state index in [9.17, 15) is 4.39 Å². The number of hydrogen-bond donors (Lipinski definition) is 0. The molecule has 0 aliphatic rings. The molecule has 0 fully saturated rings. The van der Waals surface area contributed by atoms with E-state index in [0.29, 0.717) is 0 Å². The molecule has 0 radical (unpaired) electrons. The van der Waals surface area contributed by atoms with Gasteiger partial charge >= 0.3 is 0 Å². The average Bonchev–Trinajstić information content (AvgIpc) is 2.90. The van der Waals surface area contributed by atoms with Crippen molar-refractivity contribution in [3.05, 3.63) is 72.9 Å². The summed E-state index contributed by atoms with van der Waals surface area (Å²) in [7, 11) is 0. The van der Waals surface area contributed by atoms with Crippen LogP contribution >= 0.6 is 0 Å². The van der Waals surface area contributed by atoms with Gasteiger partial charge in [-0.25, -0.2) is 9.37 Å². The van der Waals surface area contributed by atoms with Gasteiger partial charge in [-0.3, -0.25) is 0 Å². The molecule has 0 saturated carbocycles. The summed E-state index contributed by atoms with van der Waals surface area (Å²) in [5, 5.41) is 4.11. The summed E-state index contributed by atoms with van der Waals surface area (Å²) < 4.78 is 15.3. The van der Waals surface area contributed by atoms with E-state index in [2.05, 4.69) is 17.1 Å². The molecule has 0 spiro atoms. The highest BCUT2D eigenvalue weighted by Crippen LogP contribution is 2.21. The van der Waals surface area contributed by atoms with Crippen molar-refractivity contribution in [2.24, 2.45) is 0 Å². The van der Waals surface area contributed by atoms with E-state index in [-0.39, 0.29) is 5.82 Å². The molecule has 4 rings (SSSR count). The molecule has 2 heterocycles. The van der Waals surface area contributed by atoms with E-state index in [0.717, 1.165) is 27.4 Å². The lowest BCUT2D eigenvalue weighted by molar-refractivity contribution is 0.629. The molecule has 0 N–H and O–H groups in total. The van der Waals surface area contributed by atoms with Gasteiger partial charge in [0, 0.05) is 24.0 Å². The van der Waals surface area contributed by atoms with Gasteiger partial charge in [0.25, 0.3) is 0 Å². The van der Waals surface area contributed by atoms with Gasteiger partial charge in [-0.15, -0.1) is 0 Å². The normalized spacial score (nSPS) is 11.2. The molecule has 0 aliphatic heterocycles. The topological polar surface area (TPSA) is 17.8 Å². The van der Waals surface area contributed by atoms with Crippen molar-refractivity contribution in [1.29, 1.82) is 0 Å². The van der Waals surface area contributed by atoms with Crippen LogP contribution in [-0.4, -0.2) is 9.55 Å². The van der Waals surface area contributed by atoms with Gasteiger partial charge in [0.15, 0.2) is 0 Å². The van der Waals surface area contributed by atoms with Crippen molar-refractivity contribution in [1.82, 2.24) is 9.55 Å². The van der Waals surface area contributed by atoms with Gasteiger partial charge in [-0.1, -0.05) is 24.3 Å². The Bertz CT molecular complexity index is 891. The van der Waals surface area contributed by atoms with E-state index in [4.69, 9.17) is 0 Å². The molecule has 96 valence electrons.